The van der Waals surface area contributed by atoms with Gasteiger partial charge in [-0.3, -0.25) is 0 Å². The molecule has 6 heteroatoms. The summed E-state index contributed by atoms with van der Waals surface area (Å²) >= 11 is 5.97. The number of hydrogen-bond acceptors (Lipinski definition) is 4. The van der Waals surface area contributed by atoms with E-state index >= 15 is 0 Å². The highest BCUT2D eigenvalue weighted by Crippen LogP contribution is 2.39. The molecule has 2 aromatic rings. The van der Waals surface area contributed by atoms with Crippen LogP contribution in [0.2, 0.25) is 0 Å². The van der Waals surface area contributed by atoms with Crippen LogP contribution in [0, 0.1) is 0 Å². The summed E-state index contributed by atoms with van der Waals surface area (Å²) in [6.07, 6.45) is 7.53. The van der Waals surface area contributed by atoms with Crippen LogP contribution in [0.15, 0.2) is 42.5 Å². The summed E-state index contributed by atoms with van der Waals surface area (Å²) in [5, 5.41) is 4.47. The number of thiocarbonyl (C=S) groups is 1. The topological polar surface area (TPSA) is 43.0 Å². The van der Waals surface area contributed by atoms with Crippen LogP contribution in [0.4, 0.5) is 0 Å². The van der Waals surface area contributed by atoms with Gasteiger partial charge in [0, 0.05) is 12.6 Å². The molecular weight excluding hydrogens is 420 g/mol. The van der Waals surface area contributed by atoms with Crippen molar-refractivity contribution in [2.24, 2.45) is 0 Å². The molecule has 32 heavy (non-hydrogen) atoms. The minimum absolute atomic E-state index is 0.112. The second-order valence-corrected chi connectivity index (χ2v) is 8.77. The van der Waals surface area contributed by atoms with Gasteiger partial charge in [-0.2, -0.15) is 0 Å². The summed E-state index contributed by atoms with van der Waals surface area (Å²) in [4.78, 5) is 2.26. The van der Waals surface area contributed by atoms with Gasteiger partial charge in [-0.15, -0.1) is 0 Å². The Morgan fingerprint density at radius 1 is 0.969 bits per heavy atom. The Hall–Kier alpha value is -2.47. The normalized spacial score (nSPS) is 15.4. The van der Waals surface area contributed by atoms with Crippen LogP contribution in [0.5, 0.6) is 17.2 Å². The standard InChI is InChI=1S/C26H36N2O3S/c1-19(21-12-8-7-9-13-21)28(26(32)27-22-14-10-5-6-11-15-22)18-20-16-23(29-2)25(31-4)24(17-20)30-3/h7-9,12-13,16-17,19,22H,5-6,10-11,14-15,18H2,1-4H3,(H,27,32). The number of rotatable bonds is 8. The molecule has 174 valence electrons. The van der Waals surface area contributed by atoms with E-state index in [1.165, 1.54) is 44.1 Å². The second-order valence-electron chi connectivity index (χ2n) is 8.39. The number of nitrogens with zero attached hydrogens (tertiary/aromatic N) is 1. The summed E-state index contributed by atoms with van der Waals surface area (Å²) in [6, 6.07) is 15.1. The third kappa shape index (κ3) is 6.06. The van der Waals surface area contributed by atoms with Gasteiger partial charge in [-0.1, -0.05) is 56.0 Å². The molecule has 0 aromatic heterocycles. The number of hydrogen-bond donors (Lipinski definition) is 1. The molecule has 1 N–H and O–H groups in total. The van der Waals surface area contributed by atoms with E-state index in [4.69, 9.17) is 26.4 Å². The first kappa shape index (κ1) is 24.2. The van der Waals surface area contributed by atoms with Gasteiger partial charge < -0.3 is 24.4 Å². The summed E-state index contributed by atoms with van der Waals surface area (Å²) in [6.45, 7) is 2.83. The molecule has 1 aliphatic carbocycles. The fourth-order valence-electron chi connectivity index (χ4n) is 4.40. The Morgan fingerprint density at radius 2 is 1.56 bits per heavy atom. The van der Waals surface area contributed by atoms with Gasteiger partial charge in [-0.25, -0.2) is 0 Å². The van der Waals surface area contributed by atoms with Gasteiger partial charge in [0.2, 0.25) is 5.75 Å². The van der Waals surface area contributed by atoms with E-state index in [1.54, 1.807) is 21.3 Å². The quantitative estimate of drug-likeness (QED) is 0.396. The molecule has 1 atom stereocenters. The van der Waals surface area contributed by atoms with Gasteiger partial charge in [0.1, 0.15) is 0 Å². The average molecular weight is 457 g/mol. The molecule has 0 aliphatic heterocycles. The van der Waals surface area contributed by atoms with Gasteiger partial charge in [-0.05, 0) is 55.2 Å². The fourth-order valence-corrected chi connectivity index (χ4v) is 4.79. The molecule has 0 amide bonds. The van der Waals surface area contributed by atoms with Gasteiger partial charge >= 0.3 is 0 Å². The van der Waals surface area contributed by atoms with E-state index < -0.39 is 0 Å². The molecule has 0 saturated heterocycles. The lowest BCUT2D eigenvalue weighted by molar-refractivity contribution is 0.308. The second kappa shape index (κ2) is 12.0. The maximum Gasteiger partial charge on any atom is 0.203 e. The highest BCUT2D eigenvalue weighted by atomic mass is 32.1. The van der Waals surface area contributed by atoms with E-state index in [0.29, 0.717) is 29.8 Å². The maximum absolute atomic E-state index is 5.97. The van der Waals surface area contributed by atoms with Crippen molar-refractivity contribution in [1.82, 2.24) is 10.2 Å². The average Bonchev–Trinajstić information content (AvgIpc) is 3.10. The van der Waals surface area contributed by atoms with Gasteiger partial charge in [0.25, 0.3) is 0 Å². The number of ether oxygens (including phenoxy) is 3. The smallest absolute Gasteiger partial charge is 0.203 e. The lowest BCUT2D eigenvalue weighted by Crippen LogP contribution is -2.45. The van der Waals surface area contributed by atoms with Crippen LogP contribution < -0.4 is 19.5 Å². The Labute approximate surface area is 198 Å². The molecular formula is C26H36N2O3S. The Balaban J connectivity index is 1.89. The summed E-state index contributed by atoms with van der Waals surface area (Å²) < 4.78 is 16.6. The van der Waals surface area contributed by atoms with E-state index in [-0.39, 0.29) is 6.04 Å². The van der Waals surface area contributed by atoms with Crippen molar-refractivity contribution >= 4 is 17.3 Å². The molecule has 5 nitrogen and oxygen atoms in total. The molecule has 3 rings (SSSR count). The Bertz CT molecular complexity index is 842. The van der Waals surface area contributed by atoms with Crippen LogP contribution in [-0.2, 0) is 6.54 Å². The first-order valence-electron chi connectivity index (χ1n) is 11.5. The highest BCUT2D eigenvalue weighted by Gasteiger charge is 2.23. The van der Waals surface area contributed by atoms with Crippen LogP contribution in [0.1, 0.15) is 62.6 Å². The molecule has 1 saturated carbocycles. The lowest BCUT2D eigenvalue weighted by Gasteiger charge is -2.34. The molecule has 0 spiro atoms. The van der Waals surface area contributed by atoms with E-state index in [2.05, 4.69) is 41.4 Å². The SMILES string of the molecule is COc1cc(CN(C(=S)NC2CCCCCC2)C(C)c2ccccc2)cc(OC)c1OC. The summed E-state index contributed by atoms with van der Waals surface area (Å²) in [7, 11) is 4.91. The van der Waals surface area contributed by atoms with Crippen molar-refractivity contribution in [3.63, 3.8) is 0 Å². The molecule has 1 fully saturated rings. The predicted molar refractivity (Wildman–Crippen MR) is 134 cm³/mol. The molecule has 0 radical (unpaired) electrons. The number of nitrogens with one attached hydrogen (secondary N) is 1. The first-order valence-corrected chi connectivity index (χ1v) is 11.9. The van der Waals surface area contributed by atoms with Crippen molar-refractivity contribution in [2.75, 3.05) is 21.3 Å². The van der Waals surface area contributed by atoms with Gasteiger partial charge in [0.05, 0.1) is 27.4 Å². The zero-order valence-electron chi connectivity index (χ0n) is 19.7. The van der Waals surface area contributed by atoms with Crippen LogP contribution in [0.25, 0.3) is 0 Å². The van der Waals surface area contributed by atoms with Crippen molar-refractivity contribution in [3.05, 3.63) is 53.6 Å². The summed E-state index contributed by atoms with van der Waals surface area (Å²) in [5.74, 6) is 1.90. The minimum Gasteiger partial charge on any atom is -0.493 e. The third-order valence-electron chi connectivity index (χ3n) is 6.27. The monoisotopic (exact) mass is 456 g/mol. The highest BCUT2D eigenvalue weighted by molar-refractivity contribution is 7.80. The largest absolute Gasteiger partial charge is 0.493 e. The van der Waals surface area contributed by atoms with Crippen LogP contribution in [-0.4, -0.2) is 37.4 Å². The van der Waals surface area contributed by atoms with Crippen LogP contribution in [0.3, 0.4) is 0 Å². The maximum atomic E-state index is 5.97. The van der Waals surface area contributed by atoms with Crippen molar-refractivity contribution in [3.8, 4) is 17.2 Å². The van der Waals surface area contributed by atoms with E-state index in [0.717, 1.165) is 10.7 Å². The zero-order chi connectivity index (χ0) is 22.9. The van der Waals surface area contributed by atoms with Crippen molar-refractivity contribution in [1.29, 1.82) is 0 Å². The molecule has 0 heterocycles. The van der Waals surface area contributed by atoms with Crippen molar-refractivity contribution in [2.45, 2.75) is 64.1 Å². The minimum atomic E-state index is 0.112. The van der Waals surface area contributed by atoms with E-state index in [9.17, 15) is 0 Å². The van der Waals surface area contributed by atoms with Gasteiger partial charge in [0.15, 0.2) is 16.6 Å². The number of benzene rings is 2. The van der Waals surface area contributed by atoms with Crippen LogP contribution >= 0.6 is 12.2 Å². The Kier molecular flexibility index (Phi) is 9.03. The van der Waals surface area contributed by atoms with E-state index in [1.807, 2.05) is 18.2 Å². The molecule has 1 unspecified atom stereocenters. The lowest BCUT2D eigenvalue weighted by atomic mass is 10.1. The molecule has 1 aliphatic rings. The molecule has 0 bridgehead atoms. The summed E-state index contributed by atoms with van der Waals surface area (Å²) in [5.41, 5.74) is 2.28. The molecule has 2 aromatic carbocycles. The fraction of sp³-hybridized carbons (Fsp3) is 0.500. The van der Waals surface area contributed by atoms with Crippen molar-refractivity contribution < 1.29 is 14.2 Å². The zero-order valence-corrected chi connectivity index (χ0v) is 20.5. The third-order valence-corrected chi connectivity index (χ3v) is 6.62. The Morgan fingerprint density at radius 3 is 2.09 bits per heavy atom. The number of methoxy groups -OCH3 is 3. The predicted octanol–water partition coefficient (Wildman–Crippen LogP) is 5.87. The first-order chi connectivity index (χ1) is 15.6.